The quantitative estimate of drug-likeness (QED) is 0.458. The van der Waals surface area contributed by atoms with E-state index in [1.54, 1.807) is 0 Å². The topological polar surface area (TPSA) is 49.3 Å². The first-order valence-corrected chi connectivity index (χ1v) is 9.89. The molecule has 6 heteroatoms. The Kier molecular flexibility index (Phi) is 7.58. The molecule has 0 amide bonds. The number of guanidine groups is 1. The molecular weight excluding hydrogens is 328 g/mol. The predicted octanol–water partition coefficient (Wildman–Crippen LogP) is 1.97. The van der Waals surface area contributed by atoms with Gasteiger partial charge >= 0.3 is 0 Å². The van der Waals surface area contributed by atoms with E-state index in [2.05, 4.69) is 52.4 Å². The summed E-state index contributed by atoms with van der Waals surface area (Å²) in [4.78, 5) is 9.53. The Hall–Kier alpha value is -1.79. The molecule has 2 saturated heterocycles. The molecule has 1 unspecified atom stereocenters. The number of rotatable bonds is 7. The Labute approximate surface area is 157 Å². The van der Waals surface area contributed by atoms with E-state index in [9.17, 15) is 0 Å². The average Bonchev–Trinajstić information content (AvgIpc) is 3.21. The molecule has 26 heavy (non-hydrogen) atoms. The third kappa shape index (κ3) is 5.61. The van der Waals surface area contributed by atoms with Gasteiger partial charge in [-0.2, -0.15) is 0 Å². The first-order valence-electron chi connectivity index (χ1n) is 9.89. The Balaban J connectivity index is 1.42. The Morgan fingerprint density at radius 1 is 1.23 bits per heavy atom. The predicted molar refractivity (Wildman–Crippen MR) is 106 cm³/mol. The fourth-order valence-electron chi connectivity index (χ4n) is 3.45. The van der Waals surface area contributed by atoms with Crippen molar-refractivity contribution in [3.63, 3.8) is 0 Å². The summed E-state index contributed by atoms with van der Waals surface area (Å²) in [5.74, 6) is 1.00. The molecule has 1 aromatic rings. The molecule has 1 N–H and O–H groups in total. The molecule has 0 bridgehead atoms. The fraction of sp³-hybridized carbons (Fsp3) is 0.650. The van der Waals surface area contributed by atoms with Crippen molar-refractivity contribution in [2.45, 2.75) is 25.9 Å². The summed E-state index contributed by atoms with van der Waals surface area (Å²) in [5, 5.41) is 3.42. The third-order valence-corrected chi connectivity index (χ3v) is 4.86. The van der Waals surface area contributed by atoms with Gasteiger partial charge in [0, 0.05) is 45.0 Å². The zero-order valence-corrected chi connectivity index (χ0v) is 15.9. The second kappa shape index (κ2) is 10.4. The molecule has 0 radical (unpaired) electrons. The van der Waals surface area contributed by atoms with Crippen molar-refractivity contribution in [3.05, 3.63) is 30.3 Å². The monoisotopic (exact) mass is 360 g/mol. The molecule has 0 aliphatic carbocycles. The van der Waals surface area contributed by atoms with Gasteiger partial charge in [0.1, 0.15) is 0 Å². The van der Waals surface area contributed by atoms with Crippen molar-refractivity contribution in [3.8, 4) is 0 Å². The second-order valence-electron chi connectivity index (χ2n) is 6.76. The molecule has 0 spiro atoms. The van der Waals surface area contributed by atoms with Crippen LogP contribution in [0.1, 0.15) is 19.8 Å². The van der Waals surface area contributed by atoms with Crippen LogP contribution in [0.3, 0.4) is 0 Å². The van der Waals surface area contributed by atoms with Crippen LogP contribution in [0.4, 0.5) is 5.69 Å². The molecule has 2 fully saturated rings. The van der Waals surface area contributed by atoms with E-state index in [0.29, 0.717) is 25.9 Å². The van der Waals surface area contributed by atoms with E-state index in [4.69, 9.17) is 14.5 Å². The molecular formula is C20H32N4O2. The highest BCUT2D eigenvalue weighted by atomic mass is 16.5. The Bertz CT molecular complexity index is 538. The van der Waals surface area contributed by atoms with Gasteiger partial charge < -0.3 is 24.6 Å². The van der Waals surface area contributed by atoms with Gasteiger partial charge in [0.15, 0.2) is 5.96 Å². The van der Waals surface area contributed by atoms with Crippen LogP contribution in [0.5, 0.6) is 0 Å². The summed E-state index contributed by atoms with van der Waals surface area (Å²) in [5.41, 5.74) is 1.30. The molecule has 0 aromatic heterocycles. The van der Waals surface area contributed by atoms with Gasteiger partial charge in [-0.1, -0.05) is 18.2 Å². The molecule has 1 atom stereocenters. The number of aliphatic imine (C=N–C) groups is 1. The maximum atomic E-state index is 5.72. The number of para-hydroxylation sites is 1. The van der Waals surface area contributed by atoms with Gasteiger partial charge in [-0.3, -0.25) is 4.99 Å². The van der Waals surface area contributed by atoms with E-state index < -0.39 is 0 Å². The highest BCUT2D eigenvalue weighted by molar-refractivity contribution is 5.80. The van der Waals surface area contributed by atoms with Crippen molar-refractivity contribution >= 4 is 11.6 Å². The summed E-state index contributed by atoms with van der Waals surface area (Å²) in [6, 6.07) is 10.6. The summed E-state index contributed by atoms with van der Waals surface area (Å²) in [7, 11) is 0. The van der Waals surface area contributed by atoms with E-state index in [1.165, 1.54) is 5.69 Å². The SMILES string of the molecule is CCNC(=NCCOCC1CCCO1)N1CCN(c2ccccc2)CC1. The molecule has 144 valence electrons. The van der Waals surface area contributed by atoms with Gasteiger partial charge in [0.05, 0.1) is 25.9 Å². The van der Waals surface area contributed by atoms with Gasteiger partial charge in [-0.25, -0.2) is 0 Å². The Morgan fingerprint density at radius 2 is 2.04 bits per heavy atom. The van der Waals surface area contributed by atoms with Gasteiger partial charge in [0.2, 0.25) is 0 Å². The minimum atomic E-state index is 0.290. The number of nitrogens with zero attached hydrogens (tertiary/aromatic N) is 3. The van der Waals surface area contributed by atoms with E-state index in [0.717, 1.165) is 58.1 Å². The second-order valence-corrected chi connectivity index (χ2v) is 6.76. The van der Waals surface area contributed by atoms with Crippen molar-refractivity contribution < 1.29 is 9.47 Å². The van der Waals surface area contributed by atoms with Crippen molar-refractivity contribution in [1.29, 1.82) is 0 Å². The number of ether oxygens (including phenoxy) is 2. The lowest BCUT2D eigenvalue weighted by Crippen LogP contribution is -2.52. The van der Waals surface area contributed by atoms with Crippen molar-refractivity contribution in [2.24, 2.45) is 4.99 Å². The standard InChI is InChI=1S/C20H32N4O2/c1-2-21-20(22-10-16-25-17-19-9-6-15-26-19)24-13-11-23(12-14-24)18-7-4-3-5-8-18/h3-5,7-8,19H,2,6,9-17H2,1H3,(H,21,22). The van der Waals surface area contributed by atoms with Crippen LogP contribution in [-0.2, 0) is 9.47 Å². The largest absolute Gasteiger partial charge is 0.377 e. The lowest BCUT2D eigenvalue weighted by atomic mass is 10.2. The average molecular weight is 361 g/mol. The number of hydrogen-bond acceptors (Lipinski definition) is 4. The van der Waals surface area contributed by atoms with Crippen LogP contribution in [0.25, 0.3) is 0 Å². The molecule has 6 nitrogen and oxygen atoms in total. The highest BCUT2D eigenvalue weighted by Gasteiger charge is 2.19. The number of benzene rings is 1. The molecule has 3 rings (SSSR count). The molecule has 2 heterocycles. The minimum absolute atomic E-state index is 0.290. The first-order chi connectivity index (χ1) is 12.9. The van der Waals surface area contributed by atoms with E-state index in [-0.39, 0.29) is 0 Å². The van der Waals surface area contributed by atoms with Gasteiger partial charge in [-0.15, -0.1) is 0 Å². The summed E-state index contributed by atoms with van der Waals surface area (Å²) in [6.07, 6.45) is 2.57. The summed E-state index contributed by atoms with van der Waals surface area (Å²) in [6.45, 7) is 9.92. The smallest absolute Gasteiger partial charge is 0.194 e. The van der Waals surface area contributed by atoms with Crippen LogP contribution in [0.2, 0.25) is 0 Å². The van der Waals surface area contributed by atoms with E-state index in [1.807, 2.05) is 0 Å². The maximum absolute atomic E-state index is 5.72. The van der Waals surface area contributed by atoms with Crippen molar-refractivity contribution in [2.75, 3.05) is 64.0 Å². The van der Waals surface area contributed by atoms with Crippen molar-refractivity contribution in [1.82, 2.24) is 10.2 Å². The lowest BCUT2D eigenvalue weighted by molar-refractivity contribution is 0.0199. The zero-order valence-electron chi connectivity index (χ0n) is 15.9. The Morgan fingerprint density at radius 3 is 2.73 bits per heavy atom. The molecule has 0 saturated carbocycles. The van der Waals surface area contributed by atoms with Crippen LogP contribution >= 0.6 is 0 Å². The van der Waals surface area contributed by atoms with Crippen LogP contribution in [0, 0.1) is 0 Å². The van der Waals surface area contributed by atoms with Gasteiger partial charge in [0.25, 0.3) is 0 Å². The summed E-state index contributed by atoms with van der Waals surface area (Å²) >= 11 is 0. The van der Waals surface area contributed by atoms with Crippen LogP contribution < -0.4 is 10.2 Å². The van der Waals surface area contributed by atoms with E-state index >= 15 is 0 Å². The number of anilines is 1. The maximum Gasteiger partial charge on any atom is 0.194 e. The molecule has 2 aliphatic rings. The number of hydrogen-bond donors (Lipinski definition) is 1. The molecule has 2 aliphatic heterocycles. The summed E-state index contributed by atoms with van der Waals surface area (Å²) < 4.78 is 11.3. The number of piperazine rings is 1. The fourth-order valence-corrected chi connectivity index (χ4v) is 3.45. The third-order valence-electron chi connectivity index (χ3n) is 4.86. The van der Waals surface area contributed by atoms with Crippen LogP contribution in [-0.4, -0.2) is 76.1 Å². The normalized spacial score (nSPS) is 21.3. The number of nitrogens with one attached hydrogen (secondary N) is 1. The first kappa shape index (κ1) is 19.0. The van der Waals surface area contributed by atoms with Gasteiger partial charge in [-0.05, 0) is 31.9 Å². The zero-order chi connectivity index (χ0) is 18.0. The highest BCUT2D eigenvalue weighted by Crippen LogP contribution is 2.15. The minimum Gasteiger partial charge on any atom is -0.377 e. The van der Waals surface area contributed by atoms with Crippen LogP contribution in [0.15, 0.2) is 35.3 Å². The lowest BCUT2D eigenvalue weighted by Gasteiger charge is -2.37. The molecule has 1 aromatic carbocycles.